The number of nitrogen functional groups attached to an aromatic ring is 1. The second-order valence-corrected chi connectivity index (χ2v) is 4.94. The van der Waals surface area contributed by atoms with Crippen LogP contribution in [-0.2, 0) is 0 Å². The molecule has 8 heteroatoms. The van der Waals surface area contributed by atoms with Gasteiger partial charge in [0.25, 0.3) is 0 Å². The molecule has 0 aromatic carbocycles. The molecule has 3 N–H and O–H groups in total. The molecule has 1 fully saturated rings. The second-order valence-electron chi connectivity index (χ2n) is 4.94. The zero-order chi connectivity index (χ0) is 13.9. The second kappa shape index (κ2) is 5.41. The van der Waals surface area contributed by atoms with Gasteiger partial charge in [0.2, 0.25) is 17.8 Å². The molecule has 2 aromatic heterocycles. The molecule has 0 saturated carbocycles. The maximum Gasteiger partial charge on any atom is 0.241 e. The number of likely N-dealkylation sites (tertiary alicyclic amines) is 1. The molecule has 1 aliphatic heterocycles. The highest BCUT2D eigenvalue weighted by molar-refractivity contribution is 5.35. The number of nitrogens with zero attached hydrogens (tertiary/aromatic N) is 6. The zero-order valence-corrected chi connectivity index (χ0v) is 11.4. The topological polar surface area (TPSA) is 97.8 Å². The van der Waals surface area contributed by atoms with Crippen molar-refractivity contribution in [2.24, 2.45) is 0 Å². The Balaban J connectivity index is 1.73. The Morgan fingerprint density at radius 1 is 1.40 bits per heavy atom. The SMILES string of the molecule is CN1CCCC1CNc1nc(N)nc(-n2ccnc2)n1. The van der Waals surface area contributed by atoms with Crippen molar-refractivity contribution in [2.75, 3.05) is 31.2 Å². The van der Waals surface area contributed by atoms with Crippen LogP contribution in [-0.4, -0.2) is 55.6 Å². The lowest BCUT2D eigenvalue weighted by Crippen LogP contribution is -2.32. The molecule has 3 heterocycles. The summed E-state index contributed by atoms with van der Waals surface area (Å²) in [6.07, 6.45) is 7.49. The predicted molar refractivity (Wildman–Crippen MR) is 75.5 cm³/mol. The summed E-state index contributed by atoms with van der Waals surface area (Å²) < 4.78 is 1.70. The van der Waals surface area contributed by atoms with Gasteiger partial charge in [0.05, 0.1) is 0 Å². The molecule has 0 amide bonds. The van der Waals surface area contributed by atoms with Crippen LogP contribution in [0.3, 0.4) is 0 Å². The van der Waals surface area contributed by atoms with Crippen LogP contribution in [0.15, 0.2) is 18.7 Å². The maximum absolute atomic E-state index is 5.73. The molecule has 3 rings (SSSR count). The standard InChI is InChI=1S/C12H18N8/c1-19-5-2-3-9(19)7-15-11-16-10(13)17-12(18-11)20-6-4-14-8-20/h4,6,8-9H,2-3,5,7H2,1H3,(H3,13,15,16,17,18). The van der Waals surface area contributed by atoms with E-state index in [1.54, 1.807) is 23.3 Å². The number of nitrogens with two attached hydrogens (primary N) is 1. The first kappa shape index (κ1) is 12.8. The van der Waals surface area contributed by atoms with Gasteiger partial charge in [-0.05, 0) is 26.4 Å². The Morgan fingerprint density at radius 2 is 2.30 bits per heavy atom. The van der Waals surface area contributed by atoms with Crippen LogP contribution in [0, 0.1) is 0 Å². The van der Waals surface area contributed by atoms with Gasteiger partial charge in [0.15, 0.2) is 0 Å². The van der Waals surface area contributed by atoms with Crippen molar-refractivity contribution in [3.63, 3.8) is 0 Å². The molecule has 1 saturated heterocycles. The molecule has 0 aliphatic carbocycles. The minimum absolute atomic E-state index is 0.200. The molecule has 106 valence electrons. The third-order valence-electron chi connectivity index (χ3n) is 3.54. The van der Waals surface area contributed by atoms with Crippen molar-refractivity contribution >= 4 is 11.9 Å². The molecule has 1 atom stereocenters. The smallest absolute Gasteiger partial charge is 0.241 e. The van der Waals surface area contributed by atoms with Crippen molar-refractivity contribution in [3.05, 3.63) is 18.7 Å². The molecule has 8 nitrogen and oxygen atoms in total. The van der Waals surface area contributed by atoms with Crippen molar-refractivity contribution in [2.45, 2.75) is 18.9 Å². The van der Waals surface area contributed by atoms with E-state index in [1.807, 2.05) is 0 Å². The molecule has 0 radical (unpaired) electrons. The quantitative estimate of drug-likeness (QED) is 0.818. The number of aromatic nitrogens is 5. The van der Waals surface area contributed by atoms with Crippen molar-refractivity contribution in [1.82, 2.24) is 29.4 Å². The molecule has 0 bridgehead atoms. The van der Waals surface area contributed by atoms with Crippen LogP contribution in [0.2, 0.25) is 0 Å². The highest BCUT2D eigenvalue weighted by Gasteiger charge is 2.20. The first-order valence-corrected chi connectivity index (χ1v) is 6.66. The van der Waals surface area contributed by atoms with Gasteiger partial charge in [-0.2, -0.15) is 15.0 Å². The van der Waals surface area contributed by atoms with Crippen LogP contribution < -0.4 is 11.1 Å². The van der Waals surface area contributed by atoms with E-state index in [4.69, 9.17) is 5.73 Å². The maximum atomic E-state index is 5.73. The van der Waals surface area contributed by atoms with Crippen molar-refractivity contribution < 1.29 is 0 Å². The number of likely N-dealkylation sites (N-methyl/N-ethyl adjacent to an activating group) is 1. The van der Waals surface area contributed by atoms with E-state index in [1.165, 1.54) is 12.8 Å². The Hall–Kier alpha value is -2.22. The minimum atomic E-state index is 0.200. The molecular weight excluding hydrogens is 256 g/mol. The van der Waals surface area contributed by atoms with Gasteiger partial charge in [-0.15, -0.1) is 0 Å². The Kier molecular flexibility index (Phi) is 3.46. The summed E-state index contributed by atoms with van der Waals surface area (Å²) in [6, 6.07) is 0.518. The molecule has 2 aromatic rings. The van der Waals surface area contributed by atoms with Gasteiger partial charge in [0.1, 0.15) is 6.33 Å². The van der Waals surface area contributed by atoms with Crippen LogP contribution in [0.1, 0.15) is 12.8 Å². The summed E-state index contributed by atoms with van der Waals surface area (Å²) in [7, 11) is 2.14. The Labute approximate surface area is 117 Å². The van der Waals surface area contributed by atoms with Crippen molar-refractivity contribution in [3.8, 4) is 5.95 Å². The molecule has 20 heavy (non-hydrogen) atoms. The fourth-order valence-corrected chi connectivity index (χ4v) is 2.40. The van der Waals surface area contributed by atoms with Gasteiger partial charge in [-0.1, -0.05) is 0 Å². The molecule has 1 unspecified atom stereocenters. The Morgan fingerprint density at radius 3 is 3.00 bits per heavy atom. The van der Waals surface area contributed by atoms with Gasteiger partial charge in [0, 0.05) is 25.0 Å². The van der Waals surface area contributed by atoms with E-state index < -0.39 is 0 Å². The van der Waals surface area contributed by atoms with E-state index in [2.05, 4.69) is 37.2 Å². The molecule has 0 spiro atoms. The lowest BCUT2D eigenvalue weighted by Gasteiger charge is -2.19. The van der Waals surface area contributed by atoms with E-state index in [-0.39, 0.29) is 5.95 Å². The fraction of sp³-hybridized carbons (Fsp3) is 0.500. The normalized spacial score (nSPS) is 19.4. The van der Waals surface area contributed by atoms with E-state index in [0.29, 0.717) is 17.9 Å². The third kappa shape index (κ3) is 2.69. The van der Waals surface area contributed by atoms with Crippen LogP contribution in [0.25, 0.3) is 5.95 Å². The zero-order valence-electron chi connectivity index (χ0n) is 11.4. The number of rotatable bonds is 4. The van der Waals surface area contributed by atoms with E-state index in [0.717, 1.165) is 13.1 Å². The van der Waals surface area contributed by atoms with Crippen LogP contribution in [0.5, 0.6) is 0 Å². The molecule has 1 aliphatic rings. The Bertz CT molecular complexity index is 567. The fourth-order valence-electron chi connectivity index (χ4n) is 2.40. The number of anilines is 2. The summed E-state index contributed by atoms with van der Waals surface area (Å²) in [5, 5.41) is 3.24. The van der Waals surface area contributed by atoms with Gasteiger partial charge < -0.3 is 16.0 Å². The number of hydrogen-bond donors (Lipinski definition) is 2. The lowest BCUT2D eigenvalue weighted by molar-refractivity contribution is 0.322. The highest BCUT2D eigenvalue weighted by Crippen LogP contribution is 2.15. The lowest BCUT2D eigenvalue weighted by atomic mass is 10.2. The van der Waals surface area contributed by atoms with E-state index in [9.17, 15) is 0 Å². The number of nitrogens with one attached hydrogen (secondary N) is 1. The average molecular weight is 274 g/mol. The number of imidazole rings is 1. The van der Waals surface area contributed by atoms with Crippen molar-refractivity contribution in [1.29, 1.82) is 0 Å². The third-order valence-corrected chi connectivity index (χ3v) is 3.54. The summed E-state index contributed by atoms with van der Waals surface area (Å²) in [5.41, 5.74) is 5.73. The first-order valence-electron chi connectivity index (χ1n) is 6.66. The summed E-state index contributed by atoms with van der Waals surface area (Å²) in [4.78, 5) is 18.9. The van der Waals surface area contributed by atoms with Gasteiger partial charge >= 0.3 is 0 Å². The van der Waals surface area contributed by atoms with Crippen LogP contribution in [0.4, 0.5) is 11.9 Å². The summed E-state index contributed by atoms with van der Waals surface area (Å²) >= 11 is 0. The van der Waals surface area contributed by atoms with Crippen LogP contribution >= 0.6 is 0 Å². The van der Waals surface area contributed by atoms with Gasteiger partial charge in [-0.3, -0.25) is 4.57 Å². The highest BCUT2D eigenvalue weighted by atomic mass is 15.3. The largest absolute Gasteiger partial charge is 0.368 e. The summed E-state index contributed by atoms with van der Waals surface area (Å²) in [6.45, 7) is 1.95. The van der Waals surface area contributed by atoms with E-state index >= 15 is 0 Å². The molecular formula is C12H18N8. The summed E-state index contributed by atoms with van der Waals surface area (Å²) in [5.74, 6) is 1.17. The number of hydrogen-bond acceptors (Lipinski definition) is 7. The average Bonchev–Trinajstić information content (AvgIpc) is 3.07. The minimum Gasteiger partial charge on any atom is -0.368 e. The van der Waals surface area contributed by atoms with Gasteiger partial charge in [-0.25, -0.2) is 4.98 Å². The predicted octanol–water partition coefficient (Wildman–Crippen LogP) is 0.146. The monoisotopic (exact) mass is 274 g/mol. The first-order chi connectivity index (χ1) is 9.72.